The number of benzene rings is 2. The Bertz CT molecular complexity index is 575. The van der Waals surface area contributed by atoms with Gasteiger partial charge in [-0.1, -0.05) is 6.07 Å². The first-order chi connectivity index (χ1) is 8.58. The molecule has 0 bridgehead atoms. The third-order valence-corrected chi connectivity index (χ3v) is 3.72. The summed E-state index contributed by atoms with van der Waals surface area (Å²) in [6.45, 7) is 0.108. The summed E-state index contributed by atoms with van der Waals surface area (Å²) in [4.78, 5) is 0. The highest BCUT2D eigenvalue weighted by Gasteiger charge is 2.11. The summed E-state index contributed by atoms with van der Waals surface area (Å²) in [5, 5.41) is 3.01. The molecule has 0 aliphatic heterocycles. The monoisotopic (exact) mass is 423 g/mol. The maximum atomic E-state index is 13.7. The van der Waals surface area contributed by atoms with Gasteiger partial charge in [-0.3, -0.25) is 0 Å². The van der Waals surface area contributed by atoms with Crippen LogP contribution in [0.15, 0.2) is 40.9 Å². The smallest absolute Gasteiger partial charge is 0.145 e. The second-order valence-corrected chi connectivity index (χ2v) is 5.79. The zero-order valence-electron chi connectivity index (χ0n) is 9.18. The molecule has 0 aromatic heterocycles. The Morgan fingerprint density at radius 1 is 1.17 bits per heavy atom. The molecule has 2 aromatic rings. The van der Waals surface area contributed by atoms with E-state index in [1.54, 1.807) is 0 Å². The van der Waals surface area contributed by atoms with Crippen LogP contribution < -0.4 is 5.32 Å². The molecule has 0 spiro atoms. The van der Waals surface area contributed by atoms with E-state index in [0.717, 1.165) is 9.26 Å². The first-order valence-electron chi connectivity index (χ1n) is 5.20. The fourth-order valence-corrected chi connectivity index (χ4v) is 2.43. The van der Waals surface area contributed by atoms with Crippen molar-refractivity contribution in [3.05, 3.63) is 61.6 Å². The van der Waals surface area contributed by atoms with Crippen molar-refractivity contribution < 1.29 is 8.78 Å². The van der Waals surface area contributed by atoms with Crippen molar-refractivity contribution in [2.75, 3.05) is 5.32 Å². The van der Waals surface area contributed by atoms with Crippen molar-refractivity contribution in [2.24, 2.45) is 0 Å². The normalized spacial score (nSPS) is 10.4. The van der Waals surface area contributed by atoms with Crippen LogP contribution in [0.2, 0.25) is 0 Å². The number of hydrogen-bond donors (Lipinski definition) is 1. The average Bonchev–Trinajstić information content (AvgIpc) is 2.34. The Balaban J connectivity index is 2.18. The van der Waals surface area contributed by atoms with E-state index < -0.39 is 11.6 Å². The Morgan fingerprint density at radius 3 is 2.67 bits per heavy atom. The predicted octanol–water partition coefficient (Wildman–Crippen LogP) is 4.94. The molecule has 2 aromatic carbocycles. The van der Waals surface area contributed by atoms with Crippen LogP contribution >= 0.6 is 38.5 Å². The minimum Gasteiger partial charge on any atom is -0.381 e. The lowest BCUT2D eigenvalue weighted by Gasteiger charge is -2.09. The molecule has 94 valence electrons. The van der Waals surface area contributed by atoms with Gasteiger partial charge in [-0.2, -0.15) is 0 Å². The van der Waals surface area contributed by atoms with Crippen molar-refractivity contribution in [1.82, 2.24) is 0 Å². The molecule has 0 heterocycles. The zero-order valence-corrected chi connectivity index (χ0v) is 12.9. The van der Waals surface area contributed by atoms with Crippen molar-refractivity contribution in [3.8, 4) is 0 Å². The molecule has 0 radical (unpaired) electrons. The molecular weight excluding hydrogens is 415 g/mol. The topological polar surface area (TPSA) is 12.0 Å². The van der Waals surface area contributed by atoms with Crippen molar-refractivity contribution in [2.45, 2.75) is 6.54 Å². The standard InChI is InChI=1S/C13H9BrF2IN/c14-11-4-5-12(15)10(13(11)16)7-18-9-3-1-2-8(17)6-9/h1-6,18H,7H2. The molecule has 1 nitrogen and oxygen atoms in total. The van der Waals surface area contributed by atoms with Crippen LogP contribution in [-0.2, 0) is 6.54 Å². The van der Waals surface area contributed by atoms with Crippen molar-refractivity contribution in [1.29, 1.82) is 0 Å². The summed E-state index contributed by atoms with van der Waals surface area (Å²) >= 11 is 5.23. The second kappa shape index (κ2) is 5.97. The van der Waals surface area contributed by atoms with Crippen LogP contribution in [0.4, 0.5) is 14.5 Å². The van der Waals surface area contributed by atoms with Gasteiger partial charge in [0.05, 0.1) is 4.47 Å². The van der Waals surface area contributed by atoms with E-state index in [1.165, 1.54) is 12.1 Å². The zero-order chi connectivity index (χ0) is 13.1. The quantitative estimate of drug-likeness (QED) is 0.544. The van der Waals surface area contributed by atoms with Gasteiger partial charge in [0.15, 0.2) is 0 Å². The third-order valence-electron chi connectivity index (χ3n) is 2.43. The summed E-state index contributed by atoms with van der Waals surface area (Å²) in [5.74, 6) is -1.11. The van der Waals surface area contributed by atoms with E-state index in [1.807, 2.05) is 24.3 Å². The molecule has 5 heteroatoms. The molecule has 0 aliphatic carbocycles. The predicted molar refractivity (Wildman–Crippen MR) is 80.5 cm³/mol. The first kappa shape index (κ1) is 13.7. The molecular formula is C13H9BrF2IN. The minimum absolute atomic E-state index is 0.0308. The van der Waals surface area contributed by atoms with Crippen LogP contribution in [0, 0.1) is 15.2 Å². The maximum absolute atomic E-state index is 13.7. The van der Waals surface area contributed by atoms with E-state index in [-0.39, 0.29) is 16.6 Å². The number of halogens is 4. The van der Waals surface area contributed by atoms with Gasteiger partial charge in [0.2, 0.25) is 0 Å². The van der Waals surface area contributed by atoms with Crippen LogP contribution in [0.5, 0.6) is 0 Å². The molecule has 1 N–H and O–H groups in total. The van der Waals surface area contributed by atoms with Gasteiger partial charge in [0.25, 0.3) is 0 Å². The molecule has 0 aliphatic rings. The van der Waals surface area contributed by atoms with E-state index in [2.05, 4.69) is 43.8 Å². The van der Waals surface area contributed by atoms with E-state index in [0.29, 0.717) is 0 Å². The van der Waals surface area contributed by atoms with Crippen LogP contribution in [0.25, 0.3) is 0 Å². The number of anilines is 1. The SMILES string of the molecule is Fc1ccc(Br)c(F)c1CNc1cccc(I)c1. The summed E-state index contributed by atoms with van der Waals surface area (Å²) in [5.41, 5.74) is 0.865. The van der Waals surface area contributed by atoms with Gasteiger partial charge in [-0.25, -0.2) is 8.78 Å². The van der Waals surface area contributed by atoms with Gasteiger partial charge >= 0.3 is 0 Å². The number of rotatable bonds is 3. The highest BCUT2D eigenvalue weighted by Crippen LogP contribution is 2.22. The molecule has 2 rings (SSSR count). The number of hydrogen-bond acceptors (Lipinski definition) is 1. The summed E-state index contributed by atoms with van der Waals surface area (Å²) in [6, 6.07) is 10.2. The Kier molecular flexibility index (Phi) is 4.55. The lowest BCUT2D eigenvalue weighted by atomic mass is 10.2. The minimum atomic E-state index is -0.562. The van der Waals surface area contributed by atoms with Gasteiger partial charge in [-0.05, 0) is 68.9 Å². The molecule has 0 amide bonds. The fourth-order valence-electron chi connectivity index (χ4n) is 1.52. The van der Waals surface area contributed by atoms with Crippen molar-refractivity contribution >= 4 is 44.2 Å². The van der Waals surface area contributed by atoms with Crippen LogP contribution in [0.3, 0.4) is 0 Å². The Morgan fingerprint density at radius 2 is 1.94 bits per heavy atom. The fraction of sp³-hybridized carbons (Fsp3) is 0.0769. The first-order valence-corrected chi connectivity index (χ1v) is 7.07. The highest BCUT2D eigenvalue weighted by atomic mass is 127. The lowest BCUT2D eigenvalue weighted by molar-refractivity contribution is 0.555. The van der Waals surface area contributed by atoms with Crippen molar-refractivity contribution in [3.63, 3.8) is 0 Å². The largest absolute Gasteiger partial charge is 0.381 e. The second-order valence-electron chi connectivity index (χ2n) is 3.69. The van der Waals surface area contributed by atoms with E-state index >= 15 is 0 Å². The molecule has 18 heavy (non-hydrogen) atoms. The summed E-state index contributed by atoms with van der Waals surface area (Å²) < 4.78 is 28.6. The van der Waals surface area contributed by atoms with Gasteiger partial charge in [0, 0.05) is 21.4 Å². The molecule has 0 saturated carbocycles. The summed E-state index contributed by atoms with van der Waals surface area (Å²) in [6.07, 6.45) is 0. The van der Waals surface area contributed by atoms with Crippen LogP contribution in [0.1, 0.15) is 5.56 Å². The van der Waals surface area contributed by atoms with Crippen LogP contribution in [-0.4, -0.2) is 0 Å². The third kappa shape index (κ3) is 3.20. The Labute approximate surface area is 126 Å². The molecule has 0 fully saturated rings. The number of nitrogens with one attached hydrogen (secondary N) is 1. The molecule has 0 saturated heterocycles. The van der Waals surface area contributed by atoms with E-state index in [9.17, 15) is 8.78 Å². The molecule has 0 unspecified atom stereocenters. The molecule has 0 atom stereocenters. The average molecular weight is 424 g/mol. The summed E-state index contributed by atoms with van der Waals surface area (Å²) in [7, 11) is 0. The Hall–Kier alpha value is -0.690. The van der Waals surface area contributed by atoms with E-state index in [4.69, 9.17) is 0 Å². The van der Waals surface area contributed by atoms with Gasteiger partial charge in [0.1, 0.15) is 11.6 Å². The lowest BCUT2D eigenvalue weighted by Crippen LogP contribution is -2.05. The van der Waals surface area contributed by atoms with Gasteiger partial charge < -0.3 is 5.32 Å². The van der Waals surface area contributed by atoms with Gasteiger partial charge in [-0.15, -0.1) is 0 Å². The highest BCUT2D eigenvalue weighted by molar-refractivity contribution is 14.1. The maximum Gasteiger partial charge on any atom is 0.145 e.